The maximum atomic E-state index is 12.7. The number of rotatable bonds is 4. The molecule has 1 aromatic carbocycles. The molecule has 0 spiro atoms. The summed E-state index contributed by atoms with van der Waals surface area (Å²) in [7, 11) is 0. The van der Waals surface area contributed by atoms with Gasteiger partial charge < -0.3 is 9.64 Å². The Balaban J connectivity index is 1.24. The molecule has 2 aromatic rings. The number of carbonyl (C=O) groups is 1. The molecule has 1 amide bonds. The summed E-state index contributed by atoms with van der Waals surface area (Å²) in [6, 6.07) is 13.4. The van der Waals surface area contributed by atoms with Gasteiger partial charge in [0.25, 0.3) is 5.91 Å². The summed E-state index contributed by atoms with van der Waals surface area (Å²) in [5.74, 6) is 0.963. The molecule has 6 heteroatoms. The molecule has 2 aliphatic heterocycles. The van der Waals surface area contributed by atoms with Crippen molar-refractivity contribution < 1.29 is 9.53 Å². The number of ether oxygens (including phenoxy) is 1. The van der Waals surface area contributed by atoms with Gasteiger partial charge in [-0.25, -0.2) is 0 Å². The molecule has 0 atom stereocenters. The second-order valence-electron chi connectivity index (χ2n) is 7.75. The number of benzene rings is 1. The van der Waals surface area contributed by atoms with Crippen LogP contribution >= 0.6 is 0 Å². The van der Waals surface area contributed by atoms with Crippen LogP contribution in [0.2, 0.25) is 0 Å². The zero-order chi connectivity index (χ0) is 20.1. The number of carbonyl (C=O) groups excluding carboxylic acids is 1. The maximum Gasteiger partial charge on any atom is 0.253 e. The van der Waals surface area contributed by atoms with Gasteiger partial charge in [-0.05, 0) is 62.1 Å². The molecule has 6 nitrogen and oxygen atoms in total. The summed E-state index contributed by atoms with van der Waals surface area (Å²) < 4.78 is 6.07. The molecule has 2 aliphatic rings. The minimum absolute atomic E-state index is 0.0670. The van der Waals surface area contributed by atoms with E-state index in [1.807, 2.05) is 17.0 Å². The van der Waals surface area contributed by atoms with Gasteiger partial charge in [-0.2, -0.15) is 5.26 Å². The third kappa shape index (κ3) is 4.75. The van der Waals surface area contributed by atoms with Gasteiger partial charge in [-0.15, -0.1) is 0 Å². The van der Waals surface area contributed by atoms with Crippen LogP contribution in [0, 0.1) is 11.3 Å². The van der Waals surface area contributed by atoms with Crippen molar-refractivity contribution in [2.24, 2.45) is 0 Å². The minimum atomic E-state index is 0.0670. The number of piperidine rings is 2. The minimum Gasteiger partial charge on any atom is -0.490 e. The average Bonchev–Trinajstić information content (AvgIpc) is 2.80. The van der Waals surface area contributed by atoms with Gasteiger partial charge in [-0.1, -0.05) is 0 Å². The normalized spacial score (nSPS) is 18.9. The zero-order valence-electron chi connectivity index (χ0n) is 16.5. The average molecular weight is 390 g/mol. The van der Waals surface area contributed by atoms with E-state index in [9.17, 15) is 4.79 Å². The molecule has 150 valence electrons. The lowest BCUT2D eigenvalue weighted by Crippen LogP contribution is -2.50. The predicted octanol–water partition coefficient (Wildman–Crippen LogP) is 3.10. The predicted molar refractivity (Wildman–Crippen MR) is 110 cm³/mol. The first kappa shape index (κ1) is 19.4. The number of nitriles is 1. The third-order valence-electron chi connectivity index (χ3n) is 5.96. The van der Waals surface area contributed by atoms with Gasteiger partial charge in [0.2, 0.25) is 0 Å². The molecule has 1 aromatic heterocycles. The van der Waals surface area contributed by atoms with Gasteiger partial charge in [0.1, 0.15) is 11.9 Å². The summed E-state index contributed by atoms with van der Waals surface area (Å²) >= 11 is 0. The molecule has 2 fully saturated rings. The number of aromatic nitrogens is 1. The highest BCUT2D eigenvalue weighted by molar-refractivity contribution is 5.94. The number of nitrogens with zero attached hydrogens (tertiary/aromatic N) is 4. The van der Waals surface area contributed by atoms with Crippen molar-refractivity contribution in [1.82, 2.24) is 14.8 Å². The Morgan fingerprint density at radius 2 is 1.62 bits per heavy atom. The quantitative estimate of drug-likeness (QED) is 0.802. The van der Waals surface area contributed by atoms with Gasteiger partial charge in [0.15, 0.2) is 0 Å². The molecule has 0 radical (unpaired) electrons. The Morgan fingerprint density at radius 3 is 2.24 bits per heavy atom. The molecule has 0 bridgehead atoms. The van der Waals surface area contributed by atoms with E-state index < -0.39 is 0 Å². The Bertz CT molecular complexity index is 847. The number of likely N-dealkylation sites (tertiary alicyclic amines) is 2. The fourth-order valence-corrected chi connectivity index (χ4v) is 4.27. The molecule has 0 unspecified atom stereocenters. The molecule has 4 rings (SSSR count). The van der Waals surface area contributed by atoms with Crippen molar-refractivity contribution in [3.8, 4) is 11.8 Å². The molecule has 2 saturated heterocycles. The molecule has 0 N–H and O–H groups in total. The van der Waals surface area contributed by atoms with E-state index in [2.05, 4.69) is 16.0 Å². The number of pyridine rings is 1. The number of hydrogen-bond acceptors (Lipinski definition) is 5. The highest BCUT2D eigenvalue weighted by Gasteiger charge is 2.30. The molecule has 29 heavy (non-hydrogen) atoms. The van der Waals surface area contributed by atoms with Crippen LogP contribution < -0.4 is 4.74 Å². The maximum absolute atomic E-state index is 12.7. The Morgan fingerprint density at radius 1 is 0.966 bits per heavy atom. The van der Waals surface area contributed by atoms with Crippen LogP contribution in [0.15, 0.2) is 48.8 Å². The van der Waals surface area contributed by atoms with E-state index >= 15 is 0 Å². The second kappa shape index (κ2) is 9.06. The van der Waals surface area contributed by atoms with E-state index in [4.69, 9.17) is 10.00 Å². The van der Waals surface area contributed by atoms with Crippen LogP contribution in [0.5, 0.6) is 5.75 Å². The Hall–Kier alpha value is -2.91. The summed E-state index contributed by atoms with van der Waals surface area (Å²) in [5.41, 5.74) is 1.24. The van der Waals surface area contributed by atoms with Crippen molar-refractivity contribution in [3.05, 3.63) is 59.9 Å². The molecule has 0 aliphatic carbocycles. The van der Waals surface area contributed by atoms with Gasteiger partial charge >= 0.3 is 0 Å². The second-order valence-corrected chi connectivity index (χ2v) is 7.75. The lowest BCUT2D eigenvalue weighted by Gasteiger charge is -2.41. The highest BCUT2D eigenvalue weighted by Crippen LogP contribution is 2.24. The van der Waals surface area contributed by atoms with Crippen LogP contribution in [0.25, 0.3) is 0 Å². The largest absolute Gasteiger partial charge is 0.490 e. The van der Waals surface area contributed by atoms with Crippen LogP contribution in [0.3, 0.4) is 0 Å². The van der Waals surface area contributed by atoms with Crippen molar-refractivity contribution in [2.45, 2.75) is 37.8 Å². The Kier molecular flexibility index (Phi) is 6.06. The number of amides is 1. The first-order valence-electron chi connectivity index (χ1n) is 10.3. The van der Waals surface area contributed by atoms with Crippen molar-refractivity contribution >= 4 is 5.91 Å². The standard InChI is InChI=1S/C23H26N4O2/c24-17-18-1-3-19(4-2-18)23(28)27-13-7-20(8-14-27)26-15-9-22(10-16-26)29-21-5-11-25-12-6-21/h1-6,11-12,20,22H,7-10,13-16H2. The van der Waals surface area contributed by atoms with Crippen LogP contribution in [-0.4, -0.2) is 59.0 Å². The van der Waals surface area contributed by atoms with Crippen LogP contribution in [-0.2, 0) is 0 Å². The summed E-state index contributed by atoms with van der Waals surface area (Å²) in [6.45, 7) is 3.67. The smallest absolute Gasteiger partial charge is 0.253 e. The fourth-order valence-electron chi connectivity index (χ4n) is 4.27. The third-order valence-corrected chi connectivity index (χ3v) is 5.96. The van der Waals surface area contributed by atoms with Crippen molar-refractivity contribution in [2.75, 3.05) is 26.2 Å². The van der Waals surface area contributed by atoms with Crippen LogP contribution in [0.1, 0.15) is 41.6 Å². The lowest BCUT2D eigenvalue weighted by molar-refractivity contribution is 0.0425. The molecule has 3 heterocycles. The molecular formula is C23H26N4O2. The lowest BCUT2D eigenvalue weighted by atomic mass is 9.98. The topological polar surface area (TPSA) is 69.5 Å². The summed E-state index contributed by atoms with van der Waals surface area (Å²) in [6.07, 6.45) is 7.89. The van der Waals surface area contributed by atoms with E-state index in [1.54, 1.807) is 36.7 Å². The van der Waals surface area contributed by atoms with E-state index in [0.29, 0.717) is 17.2 Å². The fraction of sp³-hybridized carbons (Fsp3) is 0.435. The van der Waals surface area contributed by atoms with E-state index in [0.717, 1.165) is 57.6 Å². The zero-order valence-corrected chi connectivity index (χ0v) is 16.5. The Labute approximate surface area is 171 Å². The van der Waals surface area contributed by atoms with Gasteiger partial charge in [0, 0.05) is 50.2 Å². The number of hydrogen-bond donors (Lipinski definition) is 0. The summed E-state index contributed by atoms with van der Waals surface area (Å²) in [5, 5.41) is 8.90. The monoisotopic (exact) mass is 390 g/mol. The van der Waals surface area contributed by atoms with Gasteiger partial charge in [0.05, 0.1) is 11.6 Å². The van der Waals surface area contributed by atoms with E-state index in [1.165, 1.54) is 0 Å². The van der Waals surface area contributed by atoms with Crippen LogP contribution in [0.4, 0.5) is 0 Å². The van der Waals surface area contributed by atoms with E-state index in [-0.39, 0.29) is 12.0 Å². The first-order valence-corrected chi connectivity index (χ1v) is 10.3. The van der Waals surface area contributed by atoms with Crippen molar-refractivity contribution in [1.29, 1.82) is 5.26 Å². The molecular weight excluding hydrogens is 364 g/mol. The van der Waals surface area contributed by atoms with Crippen molar-refractivity contribution in [3.63, 3.8) is 0 Å². The van der Waals surface area contributed by atoms with Gasteiger partial charge in [-0.3, -0.25) is 14.7 Å². The highest BCUT2D eigenvalue weighted by atomic mass is 16.5. The SMILES string of the molecule is N#Cc1ccc(C(=O)N2CCC(N3CCC(Oc4ccncc4)CC3)CC2)cc1. The molecule has 0 saturated carbocycles. The summed E-state index contributed by atoms with van der Waals surface area (Å²) in [4.78, 5) is 21.2. The first-order chi connectivity index (χ1) is 14.2.